The topological polar surface area (TPSA) is 93.6 Å². The van der Waals surface area contributed by atoms with Crippen molar-refractivity contribution in [2.24, 2.45) is 5.92 Å². The minimum Gasteiger partial charge on any atom is -0.395 e. The van der Waals surface area contributed by atoms with E-state index in [4.69, 9.17) is 10.2 Å². The highest BCUT2D eigenvalue weighted by Crippen LogP contribution is 2.25. The molecule has 1 saturated carbocycles. The highest BCUT2D eigenvalue weighted by molar-refractivity contribution is 5.78. The Morgan fingerprint density at radius 1 is 0.913 bits per heavy atom. The van der Waals surface area contributed by atoms with Gasteiger partial charge in [0.25, 0.3) is 0 Å². The molecule has 0 saturated heterocycles. The van der Waals surface area contributed by atoms with Crippen molar-refractivity contribution in [3.63, 3.8) is 0 Å². The predicted octanol–water partition coefficient (Wildman–Crippen LogP) is 0.384. The Morgan fingerprint density at radius 3 is 2.04 bits per heavy atom. The van der Waals surface area contributed by atoms with Crippen LogP contribution in [0.3, 0.4) is 0 Å². The predicted molar refractivity (Wildman–Crippen MR) is 92.2 cm³/mol. The Labute approximate surface area is 140 Å². The first-order valence-electron chi connectivity index (χ1n) is 9.17. The third-order valence-corrected chi connectivity index (χ3v) is 4.50. The summed E-state index contributed by atoms with van der Waals surface area (Å²) in [7, 11) is 0. The van der Waals surface area contributed by atoms with Gasteiger partial charge < -0.3 is 26.2 Å². The third kappa shape index (κ3) is 8.65. The van der Waals surface area contributed by atoms with Gasteiger partial charge in [-0.25, -0.2) is 0 Å². The number of carbonyl (C=O) groups excluding carboxylic acids is 1. The number of amides is 1. The standard InChI is InChI=1S/C17H35N3O3/c1-2-3-4-5-6-20-17(23)14-11-15(18-7-9-21)13-16(12-14)19-8-10-22/h14-16,18-19,21-22H,2-13H2,1H3,(H,20,23). The van der Waals surface area contributed by atoms with Crippen molar-refractivity contribution in [1.29, 1.82) is 0 Å². The Kier molecular flexibility index (Phi) is 11.2. The minimum absolute atomic E-state index is 0.00214. The van der Waals surface area contributed by atoms with Gasteiger partial charge in [-0.1, -0.05) is 26.2 Å². The van der Waals surface area contributed by atoms with Gasteiger partial charge in [0.1, 0.15) is 0 Å². The number of hydrogen-bond acceptors (Lipinski definition) is 5. The first-order valence-corrected chi connectivity index (χ1v) is 9.17. The van der Waals surface area contributed by atoms with E-state index in [1.165, 1.54) is 19.3 Å². The van der Waals surface area contributed by atoms with E-state index in [0.717, 1.165) is 32.2 Å². The molecular weight excluding hydrogens is 294 g/mol. The highest BCUT2D eigenvalue weighted by atomic mass is 16.3. The largest absolute Gasteiger partial charge is 0.395 e. The van der Waals surface area contributed by atoms with Crippen molar-refractivity contribution in [1.82, 2.24) is 16.0 Å². The molecule has 0 spiro atoms. The fourth-order valence-corrected chi connectivity index (χ4v) is 3.31. The molecule has 2 atom stereocenters. The molecule has 2 unspecified atom stereocenters. The van der Waals surface area contributed by atoms with Gasteiger partial charge in [-0.3, -0.25) is 4.79 Å². The molecule has 0 aromatic carbocycles. The summed E-state index contributed by atoms with van der Waals surface area (Å²) in [6.45, 7) is 4.28. The second-order valence-corrected chi connectivity index (χ2v) is 6.51. The lowest BCUT2D eigenvalue weighted by molar-refractivity contribution is -0.126. The molecule has 6 heteroatoms. The zero-order chi connectivity index (χ0) is 16.9. The molecule has 6 nitrogen and oxygen atoms in total. The fraction of sp³-hybridized carbons (Fsp3) is 0.941. The Balaban J connectivity index is 2.41. The third-order valence-electron chi connectivity index (χ3n) is 4.50. The molecule has 0 aliphatic heterocycles. The highest BCUT2D eigenvalue weighted by Gasteiger charge is 2.32. The van der Waals surface area contributed by atoms with Crippen molar-refractivity contribution in [3.8, 4) is 0 Å². The normalized spacial score (nSPS) is 24.6. The van der Waals surface area contributed by atoms with Crippen molar-refractivity contribution >= 4 is 5.91 Å². The van der Waals surface area contributed by atoms with Crippen LogP contribution in [0.2, 0.25) is 0 Å². The average molecular weight is 329 g/mol. The van der Waals surface area contributed by atoms with Crippen LogP contribution in [-0.2, 0) is 4.79 Å². The molecule has 23 heavy (non-hydrogen) atoms. The van der Waals surface area contributed by atoms with E-state index in [-0.39, 0.29) is 37.1 Å². The van der Waals surface area contributed by atoms with Gasteiger partial charge in [0.05, 0.1) is 13.2 Å². The van der Waals surface area contributed by atoms with Crippen LogP contribution in [0.15, 0.2) is 0 Å². The number of carbonyl (C=O) groups is 1. The molecule has 0 bridgehead atoms. The Bertz CT molecular complexity index is 299. The molecule has 5 N–H and O–H groups in total. The maximum absolute atomic E-state index is 12.4. The van der Waals surface area contributed by atoms with Crippen molar-refractivity contribution < 1.29 is 15.0 Å². The van der Waals surface area contributed by atoms with E-state index in [0.29, 0.717) is 13.1 Å². The molecule has 1 fully saturated rings. The van der Waals surface area contributed by atoms with Crippen LogP contribution in [0, 0.1) is 5.92 Å². The zero-order valence-electron chi connectivity index (χ0n) is 14.5. The molecule has 0 aromatic heterocycles. The summed E-state index contributed by atoms with van der Waals surface area (Å²) >= 11 is 0. The van der Waals surface area contributed by atoms with Crippen LogP contribution in [0.4, 0.5) is 0 Å². The molecule has 1 amide bonds. The van der Waals surface area contributed by atoms with Crippen LogP contribution < -0.4 is 16.0 Å². The number of unbranched alkanes of at least 4 members (excludes halogenated alkanes) is 3. The van der Waals surface area contributed by atoms with Gasteiger partial charge >= 0.3 is 0 Å². The van der Waals surface area contributed by atoms with Gasteiger partial charge in [0.15, 0.2) is 0 Å². The second kappa shape index (κ2) is 12.7. The van der Waals surface area contributed by atoms with Crippen LogP contribution >= 0.6 is 0 Å². The van der Waals surface area contributed by atoms with Crippen molar-refractivity contribution in [3.05, 3.63) is 0 Å². The van der Waals surface area contributed by atoms with E-state index < -0.39 is 0 Å². The van der Waals surface area contributed by atoms with E-state index in [2.05, 4.69) is 22.9 Å². The fourth-order valence-electron chi connectivity index (χ4n) is 3.31. The van der Waals surface area contributed by atoms with E-state index in [1.807, 2.05) is 0 Å². The number of hydrogen-bond donors (Lipinski definition) is 5. The molecular formula is C17H35N3O3. The monoisotopic (exact) mass is 329 g/mol. The summed E-state index contributed by atoms with van der Waals surface area (Å²) in [5.41, 5.74) is 0. The Morgan fingerprint density at radius 2 is 1.52 bits per heavy atom. The zero-order valence-corrected chi connectivity index (χ0v) is 14.5. The number of aliphatic hydroxyl groups is 2. The summed E-state index contributed by atoms with van der Waals surface area (Å²) in [5, 5.41) is 27.7. The first kappa shape index (κ1) is 20.4. The molecule has 136 valence electrons. The molecule has 1 aliphatic carbocycles. The number of rotatable bonds is 12. The van der Waals surface area contributed by atoms with E-state index >= 15 is 0 Å². The van der Waals surface area contributed by atoms with Gasteiger partial charge in [0, 0.05) is 37.6 Å². The van der Waals surface area contributed by atoms with Crippen molar-refractivity contribution in [2.75, 3.05) is 32.8 Å². The summed E-state index contributed by atoms with van der Waals surface area (Å²) in [6, 6.07) is 0.478. The average Bonchev–Trinajstić information content (AvgIpc) is 2.57. The van der Waals surface area contributed by atoms with Crippen LogP contribution in [0.1, 0.15) is 51.9 Å². The van der Waals surface area contributed by atoms with Gasteiger partial charge in [-0.15, -0.1) is 0 Å². The lowest BCUT2D eigenvalue weighted by Crippen LogP contribution is -2.49. The van der Waals surface area contributed by atoms with Gasteiger partial charge in [-0.05, 0) is 25.7 Å². The quantitative estimate of drug-likeness (QED) is 0.334. The van der Waals surface area contributed by atoms with E-state index in [1.54, 1.807) is 0 Å². The second-order valence-electron chi connectivity index (χ2n) is 6.51. The molecule has 0 radical (unpaired) electrons. The number of aliphatic hydroxyl groups excluding tert-OH is 2. The summed E-state index contributed by atoms with van der Waals surface area (Å²) < 4.78 is 0. The lowest BCUT2D eigenvalue weighted by Gasteiger charge is -2.35. The summed E-state index contributed by atoms with van der Waals surface area (Å²) in [5.74, 6) is 0.148. The maximum Gasteiger partial charge on any atom is 0.223 e. The molecule has 1 rings (SSSR count). The van der Waals surface area contributed by atoms with Crippen molar-refractivity contribution in [2.45, 2.75) is 64.0 Å². The van der Waals surface area contributed by atoms with E-state index in [9.17, 15) is 4.79 Å². The molecule has 0 heterocycles. The number of nitrogens with one attached hydrogen (secondary N) is 3. The minimum atomic E-state index is 0.00214. The lowest BCUT2D eigenvalue weighted by atomic mass is 9.81. The molecule has 1 aliphatic rings. The van der Waals surface area contributed by atoms with Crippen LogP contribution in [0.25, 0.3) is 0 Å². The summed E-state index contributed by atoms with van der Waals surface area (Å²) in [4.78, 5) is 12.4. The van der Waals surface area contributed by atoms with Crippen LogP contribution in [-0.4, -0.2) is 61.1 Å². The smallest absolute Gasteiger partial charge is 0.223 e. The maximum atomic E-state index is 12.4. The van der Waals surface area contributed by atoms with Gasteiger partial charge in [0.2, 0.25) is 5.91 Å². The summed E-state index contributed by atoms with van der Waals surface area (Å²) in [6.07, 6.45) is 7.20. The van der Waals surface area contributed by atoms with Crippen LogP contribution in [0.5, 0.6) is 0 Å². The Hall–Kier alpha value is -0.690. The SMILES string of the molecule is CCCCCCNC(=O)C1CC(NCCO)CC(NCCO)C1. The molecule has 0 aromatic rings. The van der Waals surface area contributed by atoms with Gasteiger partial charge in [-0.2, -0.15) is 0 Å². The first-order chi connectivity index (χ1) is 11.2.